The number of hydrazine groups is 1. The van der Waals surface area contributed by atoms with Gasteiger partial charge in [0.05, 0.1) is 16.7 Å². The molecule has 3 N–H and O–H groups in total. The quantitative estimate of drug-likeness (QED) is 0.657. The molecule has 5 nitrogen and oxygen atoms in total. The molecule has 0 radical (unpaired) electrons. The monoisotopic (exact) mass is 290 g/mol. The summed E-state index contributed by atoms with van der Waals surface area (Å²) in [6.45, 7) is 2.54. The van der Waals surface area contributed by atoms with Crippen LogP contribution in [-0.2, 0) is 4.74 Å². The molecule has 1 aromatic heterocycles. The van der Waals surface area contributed by atoms with Crippen LogP contribution >= 0.6 is 23.2 Å². The van der Waals surface area contributed by atoms with E-state index in [0.717, 1.165) is 26.1 Å². The first-order valence-corrected chi connectivity index (χ1v) is 6.47. The fourth-order valence-electron chi connectivity index (χ4n) is 2.18. The van der Waals surface area contributed by atoms with Crippen molar-refractivity contribution in [3.8, 4) is 0 Å². The summed E-state index contributed by atoms with van der Waals surface area (Å²) in [4.78, 5) is 6.48. The zero-order valence-electron chi connectivity index (χ0n) is 10.1. The lowest BCUT2D eigenvalue weighted by Crippen LogP contribution is -2.23. The molecule has 2 heterocycles. The van der Waals surface area contributed by atoms with Gasteiger partial charge in [-0.25, -0.2) is 10.8 Å². The molecule has 1 aliphatic rings. The van der Waals surface area contributed by atoms with E-state index in [0.29, 0.717) is 27.6 Å². The number of aromatic nitrogens is 1. The van der Waals surface area contributed by atoms with Crippen LogP contribution in [0, 0.1) is 5.92 Å². The van der Waals surface area contributed by atoms with Gasteiger partial charge in [-0.3, -0.25) is 0 Å². The van der Waals surface area contributed by atoms with Gasteiger partial charge in [0.2, 0.25) is 0 Å². The number of anilines is 2. The Hall–Kier alpha value is -0.750. The number of pyridine rings is 1. The van der Waals surface area contributed by atoms with Gasteiger partial charge < -0.3 is 15.1 Å². The second kappa shape index (κ2) is 5.93. The Bertz CT molecular complexity index is 430. The van der Waals surface area contributed by atoms with E-state index in [4.69, 9.17) is 33.8 Å². The fourth-order valence-corrected chi connectivity index (χ4v) is 2.71. The molecule has 1 atom stereocenters. The second-order valence-corrected chi connectivity index (χ2v) is 5.14. The molecule has 0 spiro atoms. The molecule has 0 aromatic carbocycles. The number of halogens is 2. The number of hydrogen-bond donors (Lipinski definition) is 2. The minimum Gasteiger partial charge on any atom is -0.384 e. The molecule has 1 fully saturated rings. The molecule has 0 bridgehead atoms. The van der Waals surface area contributed by atoms with Gasteiger partial charge in [0.1, 0.15) is 5.82 Å². The summed E-state index contributed by atoms with van der Waals surface area (Å²) >= 11 is 12.1. The zero-order chi connectivity index (χ0) is 13.1. The Kier molecular flexibility index (Phi) is 4.50. The maximum atomic E-state index is 6.17. The van der Waals surface area contributed by atoms with E-state index in [9.17, 15) is 0 Å². The van der Waals surface area contributed by atoms with Gasteiger partial charge in [0.15, 0.2) is 5.82 Å². The molecule has 0 saturated carbocycles. The summed E-state index contributed by atoms with van der Waals surface area (Å²) in [5.41, 5.74) is 2.47. The van der Waals surface area contributed by atoms with E-state index in [1.807, 2.05) is 0 Å². The van der Waals surface area contributed by atoms with Crippen molar-refractivity contribution in [2.75, 3.05) is 37.1 Å². The molecule has 0 amide bonds. The Labute approximate surface area is 116 Å². The van der Waals surface area contributed by atoms with Gasteiger partial charge in [-0.05, 0) is 12.5 Å². The molecule has 7 heteroatoms. The molecule has 1 saturated heterocycles. The van der Waals surface area contributed by atoms with Crippen LogP contribution in [0.3, 0.4) is 0 Å². The standard InChI is InChI=1S/C11H16Cl2N4O/c1-18-6-7-2-3-17(5-7)11-9(13)4-8(12)10(15-11)16-14/h4,7H,2-3,5-6,14H2,1H3,(H,15,16). The van der Waals surface area contributed by atoms with Crippen LogP contribution < -0.4 is 16.2 Å². The maximum absolute atomic E-state index is 6.17. The highest BCUT2D eigenvalue weighted by Gasteiger charge is 2.25. The number of nitrogen functional groups attached to an aromatic ring is 1. The number of nitrogens with one attached hydrogen (secondary N) is 1. The van der Waals surface area contributed by atoms with E-state index >= 15 is 0 Å². The van der Waals surface area contributed by atoms with Crippen molar-refractivity contribution >= 4 is 34.8 Å². The van der Waals surface area contributed by atoms with Crippen molar-refractivity contribution < 1.29 is 4.74 Å². The van der Waals surface area contributed by atoms with Crippen molar-refractivity contribution in [2.45, 2.75) is 6.42 Å². The van der Waals surface area contributed by atoms with Gasteiger partial charge in [0, 0.05) is 26.1 Å². The van der Waals surface area contributed by atoms with Crippen LogP contribution in [0.5, 0.6) is 0 Å². The summed E-state index contributed by atoms with van der Waals surface area (Å²) in [6, 6.07) is 1.66. The smallest absolute Gasteiger partial charge is 0.161 e. The lowest BCUT2D eigenvalue weighted by Gasteiger charge is -2.20. The van der Waals surface area contributed by atoms with Crippen LogP contribution in [0.4, 0.5) is 11.6 Å². The lowest BCUT2D eigenvalue weighted by molar-refractivity contribution is 0.161. The first-order valence-electron chi connectivity index (χ1n) is 5.72. The Balaban J connectivity index is 2.18. The summed E-state index contributed by atoms with van der Waals surface area (Å²) in [7, 11) is 1.71. The normalized spacial score (nSPS) is 19.3. The number of hydrogen-bond acceptors (Lipinski definition) is 5. The lowest BCUT2D eigenvalue weighted by atomic mass is 10.1. The Morgan fingerprint density at radius 3 is 3.00 bits per heavy atom. The molecule has 18 heavy (non-hydrogen) atoms. The number of nitrogens with two attached hydrogens (primary N) is 1. The molecular formula is C11H16Cl2N4O. The first kappa shape index (κ1) is 13.7. The third-order valence-corrected chi connectivity index (χ3v) is 3.60. The topological polar surface area (TPSA) is 63.4 Å². The van der Waals surface area contributed by atoms with E-state index < -0.39 is 0 Å². The second-order valence-electron chi connectivity index (χ2n) is 4.32. The number of methoxy groups -OCH3 is 1. The van der Waals surface area contributed by atoms with Crippen molar-refractivity contribution in [3.05, 3.63) is 16.1 Å². The van der Waals surface area contributed by atoms with Crippen LogP contribution in [-0.4, -0.2) is 31.8 Å². The summed E-state index contributed by atoms with van der Waals surface area (Å²) in [6.07, 6.45) is 1.07. The average molecular weight is 291 g/mol. The molecule has 1 aromatic rings. The van der Waals surface area contributed by atoms with Crippen LogP contribution in [0.15, 0.2) is 6.07 Å². The van der Waals surface area contributed by atoms with Gasteiger partial charge in [-0.1, -0.05) is 23.2 Å². The predicted octanol–water partition coefficient (Wildman–Crippen LogP) is 2.15. The number of rotatable bonds is 4. The highest BCUT2D eigenvalue weighted by Crippen LogP contribution is 2.33. The summed E-state index contributed by atoms with van der Waals surface area (Å²) in [5, 5.41) is 0.955. The average Bonchev–Trinajstić information content (AvgIpc) is 2.78. The van der Waals surface area contributed by atoms with Crippen molar-refractivity contribution in [1.29, 1.82) is 0 Å². The van der Waals surface area contributed by atoms with E-state index in [1.54, 1.807) is 13.2 Å². The van der Waals surface area contributed by atoms with Crippen LogP contribution in [0.2, 0.25) is 10.0 Å². The molecular weight excluding hydrogens is 275 g/mol. The third-order valence-electron chi connectivity index (χ3n) is 3.04. The number of nitrogens with zero attached hydrogens (tertiary/aromatic N) is 2. The number of ether oxygens (including phenoxy) is 1. The van der Waals surface area contributed by atoms with Crippen LogP contribution in [0.25, 0.3) is 0 Å². The summed E-state index contributed by atoms with van der Waals surface area (Å²) in [5.74, 6) is 7.03. The molecule has 2 rings (SSSR count). The molecule has 1 unspecified atom stereocenters. The largest absolute Gasteiger partial charge is 0.384 e. The van der Waals surface area contributed by atoms with Crippen LogP contribution in [0.1, 0.15) is 6.42 Å². The minimum absolute atomic E-state index is 0.416. The van der Waals surface area contributed by atoms with Gasteiger partial charge in [0.25, 0.3) is 0 Å². The van der Waals surface area contributed by atoms with Gasteiger partial charge in [-0.2, -0.15) is 0 Å². The molecule has 1 aliphatic heterocycles. The maximum Gasteiger partial charge on any atom is 0.161 e. The molecule has 100 valence electrons. The van der Waals surface area contributed by atoms with Gasteiger partial charge in [-0.15, -0.1) is 0 Å². The van der Waals surface area contributed by atoms with Crippen molar-refractivity contribution in [3.63, 3.8) is 0 Å². The van der Waals surface area contributed by atoms with E-state index in [2.05, 4.69) is 15.3 Å². The highest BCUT2D eigenvalue weighted by molar-refractivity contribution is 6.37. The van der Waals surface area contributed by atoms with Crippen molar-refractivity contribution in [2.24, 2.45) is 11.8 Å². The first-order chi connectivity index (χ1) is 8.65. The summed E-state index contributed by atoms with van der Waals surface area (Å²) < 4.78 is 5.17. The minimum atomic E-state index is 0.416. The highest BCUT2D eigenvalue weighted by atomic mass is 35.5. The Morgan fingerprint density at radius 1 is 1.56 bits per heavy atom. The third kappa shape index (κ3) is 2.80. The fraction of sp³-hybridized carbons (Fsp3) is 0.545. The molecule has 0 aliphatic carbocycles. The van der Waals surface area contributed by atoms with E-state index in [-0.39, 0.29) is 0 Å². The zero-order valence-corrected chi connectivity index (χ0v) is 11.6. The Morgan fingerprint density at radius 2 is 2.33 bits per heavy atom. The van der Waals surface area contributed by atoms with Crippen molar-refractivity contribution in [1.82, 2.24) is 4.98 Å². The SMILES string of the molecule is COCC1CCN(c2nc(NN)c(Cl)cc2Cl)C1. The predicted molar refractivity (Wildman–Crippen MR) is 74.3 cm³/mol. The van der Waals surface area contributed by atoms with E-state index in [1.165, 1.54) is 0 Å². The van der Waals surface area contributed by atoms with Gasteiger partial charge >= 0.3 is 0 Å².